The molecule has 2 heterocycles. The Bertz CT molecular complexity index is 484. The minimum absolute atomic E-state index is 0.212. The van der Waals surface area contributed by atoms with Crippen molar-refractivity contribution in [2.24, 2.45) is 0 Å². The van der Waals surface area contributed by atoms with Gasteiger partial charge in [0.05, 0.1) is 5.69 Å². The predicted molar refractivity (Wildman–Crippen MR) is 58.0 cm³/mol. The van der Waals surface area contributed by atoms with Gasteiger partial charge in [-0.1, -0.05) is 10.6 Å². The lowest BCUT2D eigenvalue weighted by molar-refractivity contribution is 0.0477. The summed E-state index contributed by atoms with van der Waals surface area (Å²) in [7, 11) is 0. The number of hydrogen-bond donors (Lipinski definition) is 0. The van der Waals surface area contributed by atoms with Crippen molar-refractivity contribution in [1.82, 2.24) is 14.6 Å². The Morgan fingerprint density at radius 2 is 2.44 bits per heavy atom. The molecule has 0 N–H and O–H groups in total. The Morgan fingerprint density at radius 1 is 1.56 bits per heavy atom. The zero-order valence-electron chi connectivity index (χ0n) is 8.58. The molecule has 0 radical (unpaired) electrons. The summed E-state index contributed by atoms with van der Waals surface area (Å²) in [5.74, 6) is -0.392. The maximum absolute atomic E-state index is 11.6. The van der Waals surface area contributed by atoms with Crippen LogP contribution < -0.4 is 0 Å². The van der Waals surface area contributed by atoms with Gasteiger partial charge in [-0.25, -0.2) is 4.79 Å². The van der Waals surface area contributed by atoms with Crippen LogP contribution >= 0.6 is 11.5 Å². The van der Waals surface area contributed by atoms with Crippen LogP contribution in [-0.2, 0) is 11.3 Å². The summed E-state index contributed by atoms with van der Waals surface area (Å²) in [4.78, 5) is 16.0. The molecule has 2 rings (SSSR count). The van der Waals surface area contributed by atoms with E-state index in [-0.39, 0.29) is 6.61 Å². The van der Waals surface area contributed by atoms with Crippen molar-refractivity contribution >= 4 is 17.5 Å². The molecule has 0 bridgehead atoms. The molecule has 0 amide bonds. The smallest absolute Gasteiger partial charge is 0.352 e. The lowest BCUT2D eigenvalue weighted by atomic mass is 10.3. The highest BCUT2D eigenvalue weighted by Gasteiger charge is 2.14. The fourth-order valence-corrected chi connectivity index (χ4v) is 1.67. The van der Waals surface area contributed by atoms with E-state index in [1.54, 1.807) is 25.4 Å². The van der Waals surface area contributed by atoms with Gasteiger partial charge >= 0.3 is 5.97 Å². The van der Waals surface area contributed by atoms with Gasteiger partial charge in [0.1, 0.15) is 6.61 Å². The maximum Gasteiger partial charge on any atom is 0.352 e. The van der Waals surface area contributed by atoms with Crippen LogP contribution in [0, 0.1) is 6.92 Å². The van der Waals surface area contributed by atoms with Gasteiger partial charge in [0.25, 0.3) is 0 Å². The fraction of sp³-hybridized carbons (Fsp3) is 0.200. The predicted octanol–water partition coefficient (Wildman–Crippen LogP) is 1.60. The summed E-state index contributed by atoms with van der Waals surface area (Å²) >= 11 is 1.04. The van der Waals surface area contributed by atoms with E-state index in [1.165, 1.54) is 0 Å². The fourth-order valence-electron chi connectivity index (χ4n) is 1.12. The molecule has 0 unspecified atom stereocenters. The number of hydrogen-bond acceptors (Lipinski definition) is 6. The van der Waals surface area contributed by atoms with Crippen molar-refractivity contribution in [3.05, 3.63) is 40.7 Å². The second kappa shape index (κ2) is 4.80. The van der Waals surface area contributed by atoms with Crippen molar-refractivity contribution in [3.8, 4) is 0 Å². The van der Waals surface area contributed by atoms with E-state index in [0.29, 0.717) is 10.6 Å². The van der Waals surface area contributed by atoms with Gasteiger partial charge in [-0.15, -0.1) is 5.10 Å². The molecule has 6 heteroatoms. The summed E-state index contributed by atoms with van der Waals surface area (Å²) in [5, 5.41) is 3.75. The molecular weight excluding hydrogens is 226 g/mol. The zero-order chi connectivity index (χ0) is 11.4. The molecule has 0 aliphatic carbocycles. The summed E-state index contributed by atoms with van der Waals surface area (Å²) < 4.78 is 8.78. The Morgan fingerprint density at radius 3 is 3.06 bits per heavy atom. The number of pyridine rings is 1. The Kier molecular flexibility index (Phi) is 3.21. The normalized spacial score (nSPS) is 10.1. The molecule has 0 spiro atoms. The van der Waals surface area contributed by atoms with Crippen LogP contribution in [0.5, 0.6) is 0 Å². The lowest BCUT2D eigenvalue weighted by Gasteiger charge is -2.02. The van der Waals surface area contributed by atoms with Crippen molar-refractivity contribution in [2.75, 3.05) is 0 Å². The molecule has 0 saturated carbocycles. The molecule has 0 aliphatic rings. The molecule has 2 aromatic heterocycles. The monoisotopic (exact) mass is 235 g/mol. The van der Waals surface area contributed by atoms with Crippen molar-refractivity contribution < 1.29 is 9.53 Å². The molecule has 16 heavy (non-hydrogen) atoms. The second-order valence-corrected chi connectivity index (χ2v) is 3.88. The maximum atomic E-state index is 11.6. The van der Waals surface area contributed by atoms with Crippen LogP contribution in [0.15, 0.2) is 24.5 Å². The van der Waals surface area contributed by atoms with E-state index in [1.807, 2.05) is 6.07 Å². The molecule has 0 aliphatic heterocycles. The number of carbonyl (C=O) groups excluding carboxylic acids is 1. The highest BCUT2D eigenvalue weighted by Crippen LogP contribution is 2.11. The number of carbonyl (C=O) groups is 1. The third kappa shape index (κ3) is 2.40. The van der Waals surface area contributed by atoms with Gasteiger partial charge in [0.2, 0.25) is 0 Å². The van der Waals surface area contributed by atoms with Gasteiger partial charge in [0.15, 0.2) is 4.88 Å². The first-order valence-electron chi connectivity index (χ1n) is 4.62. The highest BCUT2D eigenvalue weighted by atomic mass is 32.1. The van der Waals surface area contributed by atoms with Gasteiger partial charge < -0.3 is 4.74 Å². The SMILES string of the molecule is Cc1nnsc1C(=O)OCc1cccnc1. The van der Waals surface area contributed by atoms with Crippen LogP contribution in [0.2, 0.25) is 0 Å². The standard InChI is InChI=1S/C10H9N3O2S/c1-7-9(16-13-12-7)10(14)15-6-8-3-2-4-11-5-8/h2-5H,6H2,1H3. The molecule has 5 nitrogen and oxygen atoms in total. The molecule has 0 aromatic carbocycles. The van der Waals surface area contributed by atoms with Crippen molar-refractivity contribution in [2.45, 2.75) is 13.5 Å². The quantitative estimate of drug-likeness (QED) is 0.756. The van der Waals surface area contributed by atoms with Crippen LogP contribution in [0.25, 0.3) is 0 Å². The van der Waals surface area contributed by atoms with E-state index in [0.717, 1.165) is 17.1 Å². The van der Waals surface area contributed by atoms with Crippen LogP contribution in [0.1, 0.15) is 20.9 Å². The van der Waals surface area contributed by atoms with E-state index in [2.05, 4.69) is 14.6 Å². The first-order valence-corrected chi connectivity index (χ1v) is 5.39. The van der Waals surface area contributed by atoms with Crippen LogP contribution in [0.3, 0.4) is 0 Å². The Labute approximate surface area is 96.3 Å². The number of aryl methyl sites for hydroxylation is 1. The zero-order valence-corrected chi connectivity index (χ0v) is 9.40. The lowest BCUT2D eigenvalue weighted by Crippen LogP contribution is -2.04. The van der Waals surface area contributed by atoms with Crippen LogP contribution in [-0.4, -0.2) is 20.5 Å². The summed E-state index contributed by atoms with van der Waals surface area (Å²) in [6, 6.07) is 3.64. The van der Waals surface area contributed by atoms with Gasteiger partial charge in [-0.2, -0.15) is 0 Å². The van der Waals surface area contributed by atoms with Crippen molar-refractivity contribution in [1.29, 1.82) is 0 Å². The van der Waals surface area contributed by atoms with Gasteiger partial charge in [0, 0.05) is 18.0 Å². The summed E-state index contributed by atoms with van der Waals surface area (Å²) in [6.45, 7) is 1.94. The average Bonchev–Trinajstić information content (AvgIpc) is 2.74. The van der Waals surface area contributed by atoms with E-state index in [4.69, 9.17) is 4.74 Å². The van der Waals surface area contributed by atoms with Gasteiger partial charge in [-0.05, 0) is 24.5 Å². The summed E-state index contributed by atoms with van der Waals surface area (Å²) in [6.07, 6.45) is 3.33. The van der Waals surface area contributed by atoms with Gasteiger partial charge in [-0.3, -0.25) is 4.98 Å². The number of nitrogens with zero attached hydrogens (tertiary/aromatic N) is 3. The minimum Gasteiger partial charge on any atom is -0.456 e. The topological polar surface area (TPSA) is 65.0 Å². The third-order valence-electron chi connectivity index (χ3n) is 1.93. The summed E-state index contributed by atoms with van der Waals surface area (Å²) in [5.41, 5.74) is 1.45. The molecular formula is C10H9N3O2S. The molecule has 2 aromatic rings. The molecule has 82 valence electrons. The molecule has 0 atom stereocenters. The Hall–Kier alpha value is -1.82. The Balaban J connectivity index is 1.97. The number of aromatic nitrogens is 3. The minimum atomic E-state index is -0.392. The molecule has 0 fully saturated rings. The second-order valence-electron chi connectivity index (χ2n) is 3.12. The molecule has 0 saturated heterocycles. The first-order chi connectivity index (χ1) is 7.77. The number of rotatable bonds is 3. The van der Waals surface area contributed by atoms with E-state index >= 15 is 0 Å². The van der Waals surface area contributed by atoms with Crippen LogP contribution in [0.4, 0.5) is 0 Å². The van der Waals surface area contributed by atoms with E-state index in [9.17, 15) is 4.79 Å². The average molecular weight is 235 g/mol. The largest absolute Gasteiger partial charge is 0.456 e. The van der Waals surface area contributed by atoms with Crippen molar-refractivity contribution in [3.63, 3.8) is 0 Å². The number of esters is 1. The highest BCUT2D eigenvalue weighted by molar-refractivity contribution is 7.07. The number of ether oxygens (including phenoxy) is 1. The third-order valence-corrected chi connectivity index (χ3v) is 2.74. The van der Waals surface area contributed by atoms with E-state index < -0.39 is 5.97 Å². The first kappa shape index (κ1) is 10.7.